The summed E-state index contributed by atoms with van der Waals surface area (Å²) in [7, 11) is 0. The van der Waals surface area contributed by atoms with Gasteiger partial charge in [0.05, 0.1) is 6.04 Å². The Morgan fingerprint density at radius 2 is 1.95 bits per heavy atom. The van der Waals surface area contributed by atoms with Gasteiger partial charge in [-0.15, -0.1) is 0 Å². The standard InChI is InChI=1S/C18H29N3O/c1-14-12-19-15(2)21(14)17-9-6-10-20(13-17)18(22)11-16-7-4-3-5-8-16/h12,16-17H,3-11,13H2,1-2H3. The average molecular weight is 303 g/mol. The monoisotopic (exact) mass is 303 g/mol. The second kappa shape index (κ2) is 6.84. The van der Waals surface area contributed by atoms with Gasteiger partial charge in [0.2, 0.25) is 5.91 Å². The molecule has 1 saturated carbocycles. The Labute approximate surface area is 133 Å². The third-order valence-corrected chi connectivity index (χ3v) is 5.47. The molecular weight excluding hydrogens is 274 g/mol. The number of hydrogen-bond donors (Lipinski definition) is 0. The molecule has 1 aromatic heterocycles. The number of carbonyl (C=O) groups excluding carboxylic acids is 1. The molecule has 122 valence electrons. The number of carbonyl (C=O) groups is 1. The fourth-order valence-corrected chi connectivity index (χ4v) is 4.28. The number of hydrogen-bond acceptors (Lipinski definition) is 2. The molecule has 1 saturated heterocycles. The van der Waals surface area contributed by atoms with Crippen LogP contribution in [0.4, 0.5) is 0 Å². The molecule has 2 fully saturated rings. The van der Waals surface area contributed by atoms with Gasteiger partial charge in [-0.2, -0.15) is 0 Å². The first-order valence-corrected chi connectivity index (χ1v) is 8.93. The topological polar surface area (TPSA) is 38.1 Å². The SMILES string of the molecule is Cc1cnc(C)n1C1CCCN(C(=O)CC2CCCCC2)C1. The van der Waals surface area contributed by atoms with Crippen LogP contribution in [0.5, 0.6) is 0 Å². The van der Waals surface area contributed by atoms with E-state index in [1.165, 1.54) is 37.8 Å². The van der Waals surface area contributed by atoms with Crippen LogP contribution >= 0.6 is 0 Å². The van der Waals surface area contributed by atoms with Crippen molar-refractivity contribution in [2.24, 2.45) is 5.92 Å². The number of piperidine rings is 1. The molecule has 0 aromatic carbocycles. The fraction of sp³-hybridized carbons (Fsp3) is 0.778. The quantitative estimate of drug-likeness (QED) is 0.855. The summed E-state index contributed by atoms with van der Waals surface area (Å²) >= 11 is 0. The highest BCUT2D eigenvalue weighted by Crippen LogP contribution is 2.29. The summed E-state index contributed by atoms with van der Waals surface area (Å²) in [4.78, 5) is 19.2. The molecule has 2 heterocycles. The third-order valence-electron chi connectivity index (χ3n) is 5.47. The van der Waals surface area contributed by atoms with Crippen molar-refractivity contribution in [3.05, 3.63) is 17.7 Å². The Balaban J connectivity index is 1.61. The summed E-state index contributed by atoms with van der Waals surface area (Å²) in [6, 6.07) is 0.409. The highest BCUT2D eigenvalue weighted by atomic mass is 16.2. The van der Waals surface area contributed by atoms with Gasteiger partial charge in [0.25, 0.3) is 0 Å². The molecule has 1 amide bonds. The number of imidazole rings is 1. The lowest BCUT2D eigenvalue weighted by molar-refractivity contribution is -0.134. The first kappa shape index (κ1) is 15.6. The first-order valence-electron chi connectivity index (χ1n) is 8.93. The van der Waals surface area contributed by atoms with Gasteiger partial charge in [0, 0.05) is 31.4 Å². The predicted molar refractivity (Wildman–Crippen MR) is 87.7 cm³/mol. The molecule has 1 aromatic rings. The highest BCUT2D eigenvalue weighted by Gasteiger charge is 2.28. The summed E-state index contributed by atoms with van der Waals surface area (Å²) in [5, 5.41) is 0. The lowest BCUT2D eigenvalue weighted by Crippen LogP contribution is -2.41. The van der Waals surface area contributed by atoms with Crippen molar-refractivity contribution in [2.45, 2.75) is 71.3 Å². The van der Waals surface area contributed by atoms with Crippen LogP contribution in [0, 0.1) is 19.8 Å². The molecule has 22 heavy (non-hydrogen) atoms. The lowest BCUT2D eigenvalue weighted by atomic mass is 9.86. The first-order chi connectivity index (χ1) is 10.6. The van der Waals surface area contributed by atoms with Crippen LogP contribution in [0.15, 0.2) is 6.20 Å². The molecule has 3 rings (SSSR count). The van der Waals surface area contributed by atoms with Crippen LogP contribution in [-0.2, 0) is 4.79 Å². The van der Waals surface area contributed by atoms with Crippen LogP contribution in [-0.4, -0.2) is 33.4 Å². The van der Waals surface area contributed by atoms with Crippen molar-refractivity contribution >= 4 is 5.91 Å². The number of aryl methyl sites for hydroxylation is 2. The van der Waals surface area contributed by atoms with Gasteiger partial charge in [-0.05, 0) is 45.4 Å². The zero-order chi connectivity index (χ0) is 15.5. The summed E-state index contributed by atoms with van der Waals surface area (Å²) in [6.07, 6.45) is 11.5. The van der Waals surface area contributed by atoms with Crippen LogP contribution < -0.4 is 0 Å². The Morgan fingerprint density at radius 1 is 1.18 bits per heavy atom. The van der Waals surface area contributed by atoms with E-state index in [-0.39, 0.29) is 0 Å². The molecule has 1 unspecified atom stereocenters. The van der Waals surface area contributed by atoms with Crippen molar-refractivity contribution in [3.63, 3.8) is 0 Å². The summed E-state index contributed by atoms with van der Waals surface area (Å²) in [5.41, 5.74) is 1.21. The number of aromatic nitrogens is 2. The molecule has 1 aliphatic carbocycles. The Hall–Kier alpha value is -1.32. The molecule has 0 bridgehead atoms. The van der Waals surface area contributed by atoms with Gasteiger partial charge in [-0.3, -0.25) is 4.79 Å². The normalized spacial score (nSPS) is 23.7. The van der Waals surface area contributed by atoms with E-state index >= 15 is 0 Å². The number of rotatable bonds is 3. The minimum Gasteiger partial charge on any atom is -0.341 e. The van der Waals surface area contributed by atoms with E-state index in [0.717, 1.165) is 38.2 Å². The Bertz CT molecular complexity index is 497. The summed E-state index contributed by atoms with van der Waals surface area (Å²) in [5.74, 6) is 2.09. The molecule has 4 nitrogen and oxygen atoms in total. The van der Waals surface area contributed by atoms with Crippen molar-refractivity contribution in [2.75, 3.05) is 13.1 Å². The van der Waals surface area contributed by atoms with Gasteiger partial charge in [0.15, 0.2) is 0 Å². The fourth-order valence-electron chi connectivity index (χ4n) is 4.28. The lowest BCUT2D eigenvalue weighted by Gasteiger charge is -2.35. The number of amides is 1. The Kier molecular flexibility index (Phi) is 4.84. The van der Waals surface area contributed by atoms with Crippen LogP contribution in [0.3, 0.4) is 0 Å². The molecule has 0 N–H and O–H groups in total. The van der Waals surface area contributed by atoms with E-state index < -0.39 is 0 Å². The van der Waals surface area contributed by atoms with Crippen molar-refractivity contribution in [3.8, 4) is 0 Å². The summed E-state index contributed by atoms with van der Waals surface area (Å²) < 4.78 is 2.32. The van der Waals surface area contributed by atoms with Crippen LogP contribution in [0.2, 0.25) is 0 Å². The molecule has 1 atom stereocenters. The van der Waals surface area contributed by atoms with E-state index in [1.807, 2.05) is 6.20 Å². The molecule has 0 spiro atoms. The molecule has 2 aliphatic rings. The average Bonchev–Trinajstić information content (AvgIpc) is 2.87. The zero-order valence-electron chi connectivity index (χ0n) is 14.1. The van der Waals surface area contributed by atoms with E-state index in [0.29, 0.717) is 17.9 Å². The second-order valence-electron chi connectivity index (χ2n) is 7.16. The zero-order valence-corrected chi connectivity index (χ0v) is 14.1. The summed E-state index contributed by atoms with van der Waals surface area (Å²) in [6.45, 7) is 5.98. The van der Waals surface area contributed by atoms with Crippen LogP contribution in [0.1, 0.15) is 68.9 Å². The third kappa shape index (κ3) is 3.36. The second-order valence-corrected chi connectivity index (χ2v) is 7.16. The van der Waals surface area contributed by atoms with E-state index in [9.17, 15) is 4.79 Å². The van der Waals surface area contributed by atoms with Gasteiger partial charge in [0.1, 0.15) is 5.82 Å². The Morgan fingerprint density at radius 3 is 2.64 bits per heavy atom. The van der Waals surface area contributed by atoms with E-state index in [4.69, 9.17) is 0 Å². The molecule has 1 aliphatic heterocycles. The van der Waals surface area contributed by atoms with Crippen molar-refractivity contribution < 1.29 is 4.79 Å². The van der Waals surface area contributed by atoms with Gasteiger partial charge >= 0.3 is 0 Å². The predicted octanol–water partition coefficient (Wildman–Crippen LogP) is 3.63. The highest BCUT2D eigenvalue weighted by molar-refractivity contribution is 5.76. The van der Waals surface area contributed by atoms with Crippen molar-refractivity contribution in [1.29, 1.82) is 0 Å². The molecule has 4 heteroatoms. The number of likely N-dealkylation sites (tertiary alicyclic amines) is 1. The minimum absolute atomic E-state index is 0.382. The molecule has 0 radical (unpaired) electrons. The number of nitrogens with zero attached hydrogens (tertiary/aromatic N) is 3. The van der Waals surface area contributed by atoms with Gasteiger partial charge in [-0.25, -0.2) is 4.98 Å². The largest absolute Gasteiger partial charge is 0.341 e. The van der Waals surface area contributed by atoms with E-state index in [2.05, 4.69) is 28.3 Å². The smallest absolute Gasteiger partial charge is 0.222 e. The van der Waals surface area contributed by atoms with Crippen LogP contribution in [0.25, 0.3) is 0 Å². The maximum atomic E-state index is 12.7. The van der Waals surface area contributed by atoms with Gasteiger partial charge in [-0.1, -0.05) is 19.3 Å². The van der Waals surface area contributed by atoms with Gasteiger partial charge < -0.3 is 9.47 Å². The minimum atomic E-state index is 0.382. The molecular formula is C18H29N3O. The van der Waals surface area contributed by atoms with E-state index in [1.54, 1.807) is 0 Å². The maximum absolute atomic E-state index is 12.7. The van der Waals surface area contributed by atoms with Crippen molar-refractivity contribution in [1.82, 2.24) is 14.5 Å². The maximum Gasteiger partial charge on any atom is 0.222 e.